The molecule has 1 unspecified atom stereocenters. The van der Waals surface area contributed by atoms with Gasteiger partial charge in [-0.05, 0) is 66.0 Å². The van der Waals surface area contributed by atoms with Crippen LogP contribution in [0.15, 0.2) is 28.7 Å². The van der Waals surface area contributed by atoms with Crippen molar-refractivity contribution in [2.24, 2.45) is 5.92 Å². The topological polar surface area (TPSA) is 12.0 Å². The Hall–Kier alpha value is -0.420. The van der Waals surface area contributed by atoms with E-state index in [1.807, 2.05) is 7.05 Å². The molecule has 1 aliphatic rings. The molecule has 0 saturated heterocycles. The van der Waals surface area contributed by atoms with E-state index in [4.69, 9.17) is 11.6 Å². The first-order chi connectivity index (χ1) is 9.60. The van der Waals surface area contributed by atoms with Crippen molar-refractivity contribution >= 4 is 38.9 Å². The van der Waals surface area contributed by atoms with E-state index in [2.05, 4.69) is 33.4 Å². The highest BCUT2D eigenvalue weighted by Gasteiger charge is 2.32. The highest BCUT2D eigenvalue weighted by molar-refractivity contribution is 9.10. The van der Waals surface area contributed by atoms with E-state index in [0.29, 0.717) is 15.5 Å². The second kappa shape index (κ2) is 5.76. The summed E-state index contributed by atoms with van der Waals surface area (Å²) in [5, 5.41) is 3.83. The zero-order valence-electron chi connectivity index (χ0n) is 10.9. The maximum Gasteiger partial charge on any atom is 0.125 e. The second-order valence-electron chi connectivity index (χ2n) is 5.05. The first-order valence-corrected chi connectivity index (χ1v) is 8.51. The molecule has 0 bridgehead atoms. The number of hydrogen-bond donors (Lipinski definition) is 1. The Labute approximate surface area is 135 Å². The lowest BCUT2D eigenvalue weighted by molar-refractivity contribution is 0.537. The van der Waals surface area contributed by atoms with Crippen molar-refractivity contribution in [1.29, 1.82) is 0 Å². The summed E-state index contributed by atoms with van der Waals surface area (Å²) in [7, 11) is 2.00. The van der Waals surface area contributed by atoms with Crippen LogP contribution in [0, 0.1) is 11.7 Å². The molecule has 0 spiro atoms. The molecule has 3 rings (SSSR count). The van der Waals surface area contributed by atoms with Gasteiger partial charge in [0.05, 0.1) is 5.02 Å². The third-order valence-electron chi connectivity index (χ3n) is 3.59. The van der Waals surface area contributed by atoms with Gasteiger partial charge < -0.3 is 5.32 Å². The Morgan fingerprint density at radius 2 is 2.15 bits per heavy atom. The lowest BCUT2D eigenvalue weighted by Gasteiger charge is -2.12. The molecular formula is C15H14BrClFNS. The summed E-state index contributed by atoms with van der Waals surface area (Å²) in [5.74, 6) is 0.423. The molecule has 2 aromatic rings. The second-order valence-corrected chi connectivity index (χ2v) is 7.43. The summed E-state index contributed by atoms with van der Waals surface area (Å²) in [6.45, 7) is 0. The Balaban J connectivity index is 1.97. The average Bonchev–Trinajstić information content (AvgIpc) is 3.09. The van der Waals surface area contributed by atoms with E-state index in [9.17, 15) is 4.39 Å². The van der Waals surface area contributed by atoms with Crippen molar-refractivity contribution in [1.82, 2.24) is 5.32 Å². The van der Waals surface area contributed by atoms with Crippen LogP contribution in [0.1, 0.15) is 23.8 Å². The average molecular weight is 375 g/mol. The Morgan fingerprint density at radius 1 is 1.40 bits per heavy atom. The van der Waals surface area contributed by atoms with Crippen molar-refractivity contribution in [3.05, 3.63) is 44.5 Å². The smallest absolute Gasteiger partial charge is 0.125 e. The predicted octanol–water partition coefficient (Wildman–Crippen LogP) is 5.64. The van der Waals surface area contributed by atoms with Gasteiger partial charge in [-0.2, -0.15) is 0 Å². The van der Waals surface area contributed by atoms with Gasteiger partial charge in [-0.15, -0.1) is 11.3 Å². The predicted molar refractivity (Wildman–Crippen MR) is 86.9 cm³/mol. The maximum absolute atomic E-state index is 13.3. The Morgan fingerprint density at radius 3 is 2.75 bits per heavy atom. The van der Waals surface area contributed by atoms with E-state index in [1.165, 1.54) is 29.9 Å². The minimum atomic E-state index is -0.325. The van der Waals surface area contributed by atoms with Crippen LogP contribution >= 0.6 is 38.9 Å². The Bertz CT molecular complexity index is 616. The molecule has 20 heavy (non-hydrogen) atoms. The molecule has 1 atom stereocenters. The molecule has 1 fully saturated rings. The highest BCUT2D eigenvalue weighted by atomic mass is 79.9. The molecule has 106 valence electrons. The van der Waals surface area contributed by atoms with Crippen LogP contribution in [0.25, 0.3) is 10.4 Å². The monoisotopic (exact) mass is 373 g/mol. The van der Waals surface area contributed by atoms with Crippen LogP contribution in [-0.2, 0) is 0 Å². The highest BCUT2D eigenvalue weighted by Crippen LogP contribution is 2.46. The van der Waals surface area contributed by atoms with Gasteiger partial charge in [0.1, 0.15) is 5.82 Å². The molecule has 0 amide bonds. The lowest BCUT2D eigenvalue weighted by atomic mass is 10.1. The molecular weight excluding hydrogens is 361 g/mol. The number of hydrogen-bond acceptors (Lipinski definition) is 2. The third-order valence-corrected chi connectivity index (χ3v) is 5.70. The van der Waals surface area contributed by atoms with E-state index in [0.717, 1.165) is 16.4 Å². The van der Waals surface area contributed by atoms with Gasteiger partial charge in [-0.1, -0.05) is 11.6 Å². The SMILES string of the molecule is CNC(c1ccc(-c2c(Cl)cc(F)cc2Br)s1)C1CC1. The third kappa shape index (κ3) is 2.80. The van der Waals surface area contributed by atoms with Crippen LogP contribution < -0.4 is 5.32 Å². The Kier molecular flexibility index (Phi) is 4.18. The lowest BCUT2D eigenvalue weighted by Crippen LogP contribution is -2.16. The first kappa shape index (κ1) is 14.5. The number of nitrogens with one attached hydrogen (secondary N) is 1. The van der Waals surface area contributed by atoms with E-state index in [-0.39, 0.29) is 5.82 Å². The van der Waals surface area contributed by atoms with Crippen LogP contribution in [-0.4, -0.2) is 7.05 Å². The summed E-state index contributed by atoms with van der Waals surface area (Å²) in [5.41, 5.74) is 0.870. The zero-order chi connectivity index (χ0) is 14.3. The molecule has 1 saturated carbocycles. The molecule has 1 nitrogen and oxygen atoms in total. The van der Waals surface area contributed by atoms with Crippen LogP contribution in [0.3, 0.4) is 0 Å². The van der Waals surface area contributed by atoms with Crippen molar-refractivity contribution in [3.63, 3.8) is 0 Å². The van der Waals surface area contributed by atoms with Crippen LogP contribution in [0.5, 0.6) is 0 Å². The summed E-state index contributed by atoms with van der Waals surface area (Å²) < 4.78 is 14.0. The van der Waals surface area contributed by atoms with Crippen molar-refractivity contribution in [2.75, 3.05) is 7.05 Å². The summed E-state index contributed by atoms with van der Waals surface area (Å²) in [6.07, 6.45) is 2.58. The minimum Gasteiger partial charge on any atom is -0.312 e. The van der Waals surface area contributed by atoms with Gasteiger partial charge in [-0.25, -0.2) is 4.39 Å². The number of benzene rings is 1. The van der Waals surface area contributed by atoms with Crippen molar-refractivity contribution < 1.29 is 4.39 Å². The van der Waals surface area contributed by atoms with E-state index >= 15 is 0 Å². The standard InChI is InChI=1S/C15H14BrClFNS/c1-19-15(8-2-3-8)13-5-4-12(20-13)14-10(16)6-9(18)7-11(14)17/h4-8,15,19H,2-3H2,1H3. The van der Waals surface area contributed by atoms with Gasteiger partial charge in [0, 0.05) is 25.8 Å². The fourth-order valence-electron chi connectivity index (χ4n) is 2.47. The molecule has 0 aliphatic heterocycles. The fourth-order valence-corrected chi connectivity index (χ4v) is 5.01. The normalized spacial score (nSPS) is 16.4. The van der Waals surface area contributed by atoms with Gasteiger partial charge >= 0.3 is 0 Å². The first-order valence-electron chi connectivity index (χ1n) is 6.52. The summed E-state index contributed by atoms with van der Waals surface area (Å²) >= 11 is 11.3. The molecule has 1 aromatic heterocycles. The maximum atomic E-state index is 13.3. The van der Waals surface area contributed by atoms with Gasteiger partial charge in [0.15, 0.2) is 0 Å². The fraction of sp³-hybridized carbons (Fsp3) is 0.333. The largest absolute Gasteiger partial charge is 0.312 e. The van der Waals surface area contributed by atoms with Crippen LogP contribution in [0.4, 0.5) is 4.39 Å². The molecule has 5 heteroatoms. The number of halogens is 3. The minimum absolute atomic E-state index is 0.325. The summed E-state index contributed by atoms with van der Waals surface area (Å²) in [4.78, 5) is 2.38. The molecule has 1 heterocycles. The van der Waals surface area contributed by atoms with Crippen LogP contribution in [0.2, 0.25) is 5.02 Å². The zero-order valence-corrected chi connectivity index (χ0v) is 14.1. The van der Waals surface area contributed by atoms with Gasteiger partial charge in [0.25, 0.3) is 0 Å². The van der Waals surface area contributed by atoms with Gasteiger partial charge in [-0.3, -0.25) is 0 Å². The van der Waals surface area contributed by atoms with E-state index in [1.54, 1.807) is 11.3 Å². The van der Waals surface area contributed by atoms with Crippen molar-refractivity contribution in [3.8, 4) is 10.4 Å². The quantitative estimate of drug-likeness (QED) is 0.730. The summed E-state index contributed by atoms with van der Waals surface area (Å²) in [6, 6.07) is 7.45. The molecule has 0 radical (unpaired) electrons. The van der Waals surface area contributed by atoms with Crippen molar-refractivity contribution in [2.45, 2.75) is 18.9 Å². The molecule has 1 aromatic carbocycles. The molecule has 1 N–H and O–H groups in total. The molecule has 1 aliphatic carbocycles. The van der Waals surface area contributed by atoms with E-state index < -0.39 is 0 Å². The number of rotatable bonds is 4. The van der Waals surface area contributed by atoms with Gasteiger partial charge in [0.2, 0.25) is 0 Å². The number of thiophene rings is 1.